The fraction of sp³-hybridized carbons (Fsp3) is 0.818. The molecule has 6 nitrogen and oxygen atoms in total. The van der Waals surface area contributed by atoms with Crippen molar-refractivity contribution >= 4 is 12.0 Å². The molecule has 1 saturated carbocycles. The molecular formula is C11H21N3O3. The lowest BCUT2D eigenvalue weighted by molar-refractivity contribution is -0.127. The Kier molecular flexibility index (Phi) is 5.76. The summed E-state index contributed by atoms with van der Waals surface area (Å²) in [6, 6.07) is 0. The number of amides is 2. The molecule has 1 fully saturated rings. The summed E-state index contributed by atoms with van der Waals surface area (Å²) in [5.74, 6) is 0.288. The molecule has 0 radical (unpaired) electrons. The van der Waals surface area contributed by atoms with E-state index in [9.17, 15) is 9.59 Å². The van der Waals surface area contributed by atoms with Crippen LogP contribution in [0.25, 0.3) is 0 Å². The summed E-state index contributed by atoms with van der Waals surface area (Å²) in [6.07, 6.45) is 3.32. The Morgan fingerprint density at radius 3 is 2.65 bits per heavy atom. The smallest absolute Gasteiger partial charge is 0.404 e. The third kappa shape index (κ3) is 4.60. The molecule has 5 N–H and O–H groups in total. The van der Waals surface area contributed by atoms with E-state index in [1.807, 2.05) is 0 Å². The molecule has 98 valence electrons. The summed E-state index contributed by atoms with van der Waals surface area (Å²) in [5, 5.41) is 2.74. The Hall–Kier alpha value is -1.30. The molecule has 6 heteroatoms. The zero-order valence-electron chi connectivity index (χ0n) is 9.98. The van der Waals surface area contributed by atoms with Crippen LogP contribution in [0.1, 0.15) is 25.7 Å². The van der Waals surface area contributed by atoms with Crippen LogP contribution >= 0.6 is 0 Å². The first kappa shape index (κ1) is 13.8. The average Bonchev–Trinajstić information content (AvgIpc) is 2.34. The van der Waals surface area contributed by atoms with E-state index >= 15 is 0 Å². The van der Waals surface area contributed by atoms with E-state index in [0.29, 0.717) is 13.1 Å². The number of hydrogen-bond acceptors (Lipinski definition) is 4. The minimum absolute atomic E-state index is 0.00216. The minimum Gasteiger partial charge on any atom is -0.448 e. The van der Waals surface area contributed by atoms with Crippen molar-refractivity contribution in [3.8, 4) is 0 Å². The number of nitrogens with one attached hydrogen (secondary N) is 1. The molecule has 0 aromatic carbocycles. The Morgan fingerprint density at radius 1 is 1.29 bits per heavy atom. The largest absolute Gasteiger partial charge is 0.448 e. The van der Waals surface area contributed by atoms with Crippen molar-refractivity contribution in [3.63, 3.8) is 0 Å². The first-order valence-corrected chi connectivity index (χ1v) is 6.05. The predicted octanol–water partition coefficient (Wildman–Crippen LogP) is -0.0370. The van der Waals surface area contributed by atoms with Gasteiger partial charge in [-0.15, -0.1) is 0 Å². The molecule has 0 heterocycles. The molecule has 0 bridgehead atoms. The SMILES string of the molecule is NCC1CCCCC1C(=O)NCCOC(N)=O. The fourth-order valence-electron chi connectivity index (χ4n) is 2.29. The predicted molar refractivity (Wildman–Crippen MR) is 63.0 cm³/mol. The van der Waals surface area contributed by atoms with Crippen LogP contribution in [-0.4, -0.2) is 31.7 Å². The quantitative estimate of drug-likeness (QED) is 0.589. The molecule has 2 unspecified atom stereocenters. The maximum atomic E-state index is 11.9. The molecule has 2 amide bonds. The number of hydrogen-bond donors (Lipinski definition) is 3. The zero-order chi connectivity index (χ0) is 12.7. The number of carbonyl (C=O) groups excluding carboxylic acids is 2. The van der Waals surface area contributed by atoms with Crippen LogP contribution in [0, 0.1) is 11.8 Å². The Labute approximate surface area is 101 Å². The molecule has 0 saturated heterocycles. The maximum Gasteiger partial charge on any atom is 0.404 e. The first-order chi connectivity index (χ1) is 8.15. The normalized spacial score (nSPS) is 24.1. The highest BCUT2D eigenvalue weighted by atomic mass is 16.5. The van der Waals surface area contributed by atoms with Crippen LogP contribution in [0.15, 0.2) is 0 Å². The summed E-state index contributed by atoms with van der Waals surface area (Å²) >= 11 is 0. The summed E-state index contributed by atoms with van der Waals surface area (Å²) in [7, 11) is 0. The van der Waals surface area contributed by atoms with E-state index in [4.69, 9.17) is 11.5 Å². The van der Waals surface area contributed by atoms with Crippen LogP contribution in [0.5, 0.6) is 0 Å². The highest BCUT2D eigenvalue weighted by Crippen LogP contribution is 2.29. The minimum atomic E-state index is -0.822. The second-order valence-electron chi connectivity index (χ2n) is 4.35. The molecular weight excluding hydrogens is 222 g/mol. The van der Waals surface area contributed by atoms with Gasteiger partial charge in [-0.05, 0) is 25.3 Å². The molecule has 1 aliphatic rings. The van der Waals surface area contributed by atoms with Crippen LogP contribution in [0.2, 0.25) is 0 Å². The highest BCUT2D eigenvalue weighted by molar-refractivity contribution is 5.79. The van der Waals surface area contributed by atoms with Gasteiger partial charge in [-0.25, -0.2) is 4.79 Å². The summed E-state index contributed by atoms with van der Waals surface area (Å²) in [6.45, 7) is 0.965. The van der Waals surface area contributed by atoms with E-state index in [0.717, 1.165) is 25.7 Å². The fourth-order valence-corrected chi connectivity index (χ4v) is 2.29. The van der Waals surface area contributed by atoms with Gasteiger partial charge < -0.3 is 21.5 Å². The van der Waals surface area contributed by atoms with Crippen LogP contribution in [-0.2, 0) is 9.53 Å². The van der Waals surface area contributed by atoms with Gasteiger partial charge in [0.1, 0.15) is 6.61 Å². The lowest BCUT2D eigenvalue weighted by atomic mass is 9.79. The molecule has 1 rings (SSSR count). The summed E-state index contributed by atoms with van der Waals surface area (Å²) in [4.78, 5) is 22.2. The first-order valence-electron chi connectivity index (χ1n) is 6.05. The molecule has 0 aromatic rings. The zero-order valence-corrected chi connectivity index (χ0v) is 9.98. The third-order valence-corrected chi connectivity index (χ3v) is 3.19. The topological polar surface area (TPSA) is 107 Å². The number of primary amides is 1. The van der Waals surface area contributed by atoms with Crippen molar-refractivity contribution in [2.45, 2.75) is 25.7 Å². The summed E-state index contributed by atoms with van der Waals surface area (Å²) in [5.41, 5.74) is 10.5. The van der Waals surface area contributed by atoms with Gasteiger partial charge in [0.25, 0.3) is 0 Å². The molecule has 0 spiro atoms. The van der Waals surface area contributed by atoms with E-state index in [-0.39, 0.29) is 24.3 Å². The van der Waals surface area contributed by atoms with Gasteiger partial charge in [-0.1, -0.05) is 12.8 Å². The Morgan fingerprint density at radius 2 is 2.00 bits per heavy atom. The van der Waals surface area contributed by atoms with Gasteiger partial charge in [0, 0.05) is 5.92 Å². The summed E-state index contributed by atoms with van der Waals surface area (Å²) < 4.78 is 4.53. The van der Waals surface area contributed by atoms with Gasteiger partial charge in [0.15, 0.2) is 0 Å². The van der Waals surface area contributed by atoms with Crippen molar-refractivity contribution < 1.29 is 14.3 Å². The van der Waals surface area contributed by atoms with Crippen molar-refractivity contribution in [1.29, 1.82) is 0 Å². The second-order valence-corrected chi connectivity index (χ2v) is 4.35. The van der Waals surface area contributed by atoms with Gasteiger partial charge in [-0.2, -0.15) is 0 Å². The molecule has 0 aliphatic heterocycles. The van der Waals surface area contributed by atoms with Gasteiger partial charge in [0.05, 0.1) is 6.54 Å². The van der Waals surface area contributed by atoms with E-state index in [2.05, 4.69) is 10.1 Å². The Bertz CT molecular complexity index is 271. The standard InChI is InChI=1S/C11H21N3O3/c12-7-8-3-1-2-4-9(8)10(15)14-5-6-17-11(13)16/h8-9H,1-7,12H2,(H2,13,16)(H,14,15). The lowest BCUT2D eigenvalue weighted by Gasteiger charge is -2.29. The molecule has 1 aliphatic carbocycles. The van der Waals surface area contributed by atoms with Gasteiger partial charge >= 0.3 is 6.09 Å². The van der Waals surface area contributed by atoms with Crippen molar-refractivity contribution in [1.82, 2.24) is 5.32 Å². The van der Waals surface area contributed by atoms with Crippen molar-refractivity contribution in [2.75, 3.05) is 19.7 Å². The molecule has 2 atom stereocenters. The second kappa shape index (κ2) is 7.11. The number of rotatable bonds is 5. The van der Waals surface area contributed by atoms with Crippen molar-refractivity contribution in [3.05, 3.63) is 0 Å². The van der Waals surface area contributed by atoms with E-state index in [1.54, 1.807) is 0 Å². The van der Waals surface area contributed by atoms with Crippen LogP contribution < -0.4 is 16.8 Å². The van der Waals surface area contributed by atoms with E-state index in [1.165, 1.54) is 0 Å². The van der Waals surface area contributed by atoms with Crippen LogP contribution in [0.4, 0.5) is 4.79 Å². The lowest BCUT2D eigenvalue weighted by Crippen LogP contribution is -2.40. The highest BCUT2D eigenvalue weighted by Gasteiger charge is 2.29. The van der Waals surface area contributed by atoms with Gasteiger partial charge in [-0.3, -0.25) is 4.79 Å². The Balaban J connectivity index is 2.27. The van der Waals surface area contributed by atoms with Crippen molar-refractivity contribution in [2.24, 2.45) is 23.3 Å². The number of ether oxygens (including phenoxy) is 1. The third-order valence-electron chi connectivity index (χ3n) is 3.19. The van der Waals surface area contributed by atoms with E-state index < -0.39 is 6.09 Å². The average molecular weight is 243 g/mol. The molecule has 0 aromatic heterocycles. The maximum absolute atomic E-state index is 11.9. The number of nitrogens with two attached hydrogens (primary N) is 2. The molecule has 17 heavy (non-hydrogen) atoms. The number of carbonyl (C=O) groups is 2. The van der Waals surface area contributed by atoms with Gasteiger partial charge in [0.2, 0.25) is 5.91 Å². The monoisotopic (exact) mass is 243 g/mol. The van der Waals surface area contributed by atoms with Crippen LogP contribution in [0.3, 0.4) is 0 Å².